The average molecular weight is 433 g/mol. The summed E-state index contributed by atoms with van der Waals surface area (Å²) < 4.78 is 14.8. The van der Waals surface area contributed by atoms with Crippen molar-refractivity contribution in [3.05, 3.63) is 60.7 Å². The number of hydrogen-bond acceptors (Lipinski definition) is 6. The number of aryl methyl sites for hydroxylation is 1. The first-order chi connectivity index (χ1) is 15.6. The maximum Gasteiger partial charge on any atom is 0.246 e. The summed E-state index contributed by atoms with van der Waals surface area (Å²) in [7, 11) is 0. The van der Waals surface area contributed by atoms with Crippen molar-refractivity contribution < 1.29 is 9.18 Å². The number of nitrogens with zero attached hydrogens (tertiary/aromatic N) is 5. The van der Waals surface area contributed by atoms with Gasteiger partial charge in [0.1, 0.15) is 23.5 Å². The molecule has 5 rings (SSSR count). The van der Waals surface area contributed by atoms with E-state index in [0.717, 1.165) is 31.7 Å². The van der Waals surface area contributed by atoms with Crippen LogP contribution in [-0.4, -0.2) is 50.9 Å². The second kappa shape index (κ2) is 8.18. The van der Waals surface area contributed by atoms with Crippen LogP contribution in [0.1, 0.15) is 25.3 Å². The monoisotopic (exact) mass is 432 g/mol. The van der Waals surface area contributed by atoms with Gasteiger partial charge in [0, 0.05) is 25.2 Å². The Balaban J connectivity index is 1.46. The molecule has 0 aliphatic carbocycles. The van der Waals surface area contributed by atoms with Crippen LogP contribution in [0, 0.1) is 5.82 Å². The molecule has 2 fully saturated rings. The van der Waals surface area contributed by atoms with Gasteiger partial charge in [0.2, 0.25) is 5.91 Å². The van der Waals surface area contributed by atoms with Crippen molar-refractivity contribution in [3.63, 3.8) is 0 Å². The Morgan fingerprint density at radius 2 is 2.00 bits per heavy atom. The van der Waals surface area contributed by atoms with Crippen molar-refractivity contribution >= 4 is 34.3 Å². The highest BCUT2D eigenvalue weighted by atomic mass is 19.1. The Morgan fingerprint density at radius 1 is 1.22 bits per heavy atom. The molecule has 2 saturated heterocycles. The lowest BCUT2D eigenvalue weighted by atomic mass is 10.1. The number of fused-ring (bicyclic) bond motifs is 3. The quantitative estimate of drug-likeness (QED) is 0.618. The molecule has 2 aliphatic heterocycles. The van der Waals surface area contributed by atoms with Gasteiger partial charge in [-0.25, -0.2) is 19.3 Å². The number of nitrogens with one attached hydrogen (secondary N) is 1. The zero-order chi connectivity index (χ0) is 22.2. The summed E-state index contributed by atoms with van der Waals surface area (Å²) in [6, 6.07) is 9.47. The molecule has 0 saturated carbocycles. The van der Waals surface area contributed by atoms with Crippen molar-refractivity contribution in [2.45, 2.75) is 38.3 Å². The third kappa shape index (κ3) is 3.45. The Morgan fingerprint density at radius 3 is 2.72 bits per heavy atom. The molecule has 8 heteroatoms. The fraction of sp³-hybridized carbons (Fsp3) is 0.333. The van der Waals surface area contributed by atoms with E-state index in [-0.39, 0.29) is 23.8 Å². The molecule has 1 aromatic carbocycles. The molecule has 32 heavy (non-hydrogen) atoms. The maximum atomic E-state index is 14.8. The summed E-state index contributed by atoms with van der Waals surface area (Å²) >= 11 is 0. The third-order valence-corrected chi connectivity index (χ3v) is 6.42. The van der Waals surface area contributed by atoms with E-state index in [1.54, 1.807) is 12.1 Å². The number of aromatic nitrogens is 3. The minimum absolute atomic E-state index is 0.000145. The van der Waals surface area contributed by atoms with Crippen molar-refractivity contribution in [1.82, 2.24) is 19.9 Å². The van der Waals surface area contributed by atoms with Gasteiger partial charge < -0.3 is 15.1 Å². The lowest BCUT2D eigenvalue weighted by Gasteiger charge is -2.41. The molecule has 2 aliphatic rings. The molecule has 2 atom stereocenters. The van der Waals surface area contributed by atoms with Gasteiger partial charge in [0.05, 0.1) is 11.2 Å². The summed E-state index contributed by atoms with van der Waals surface area (Å²) in [6.07, 6.45) is 5.43. The normalized spacial score (nSPS) is 19.9. The fourth-order valence-electron chi connectivity index (χ4n) is 4.83. The minimum atomic E-state index is -0.280. The minimum Gasteiger partial charge on any atom is -0.352 e. The standard InChI is InChI=1S/C24H25FN6O/c1-3-15-6-5-7-18(22(15)25)28-24-23-19(26-14-27-24)10-11-20(29-23)30-12-16-8-9-17(13-30)31(16)21(32)4-2/h4-7,10-11,14,16-17H,2-3,8-9,12-13H2,1H3,(H,26,27,28). The molecule has 0 radical (unpaired) electrons. The van der Waals surface area contributed by atoms with Gasteiger partial charge in [-0.1, -0.05) is 25.6 Å². The first-order valence-electron chi connectivity index (χ1n) is 10.9. The molecule has 7 nitrogen and oxygen atoms in total. The summed E-state index contributed by atoms with van der Waals surface area (Å²) in [6.45, 7) is 7.00. The van der Waals surface area contributed by atoms with E-state index in [4.69, 9.17) is 4.98 Å². The number of rotatable bonds is 5. The molecule has 3 aromatic rings. The van der Waals surface area contributed by atoms with Gasteiger partial charge in [-0.2, -0.15) is 0 Å². The number of carbonyl (C=O) groups is 1. The number of piperazine rings is 1. The Kier molecular flexibility index (Phi) is 5.20. The van der Waals surface area contributed by atoms with Gasteiger partial charge in [-0.15, -0.1) is 0 Å². The van der Waals surface area contributed by atoms with E-state index in [2.05, 4.69) is 26.8 Å². The van der Waals surface area contributed by atoms with Gasteiger partial charge in [0.15, 0.2) is 5.82 Å². The summed E-state index contributed by atoms with van der Waals surface area (Å²) in [5.41, 5.74) is 2.28. The Hall–Kier alpha value is -3.55. The highest BCUT2D eigenvalue weighted by Gasteiger charge is 2.42. The van der Waals surface area contributed by atoms with Crippen molar-refractivity contribution in [3.8, 4) is 0 Å². The average Bonchev–Trinajstić information content (AvgIpc) is 3.09. The topological polar surface area (TPSA) is 74.2 Å². The van der Waals surface area contributed by atoms with Crippen LogP contribution < -0.4 is 10.2 Å². The van der Waals surface area contributed by atoms with E-state index in [1.807, 2.05) is 30.0 Å². The van der Waals surface area contributed by atoms with Crippen LogP contribution in [0.15, 0.2) is 49.3 Å². The Bertz CT molecular complexity index is 1180. The van der Waals surface area contributed by atoms with Crippen LogP contribution in [-0.2, 0) is 11.2 Å². The van der Waals surface area contributed by atoms with E-state index in [0.29, 0.717) is 34.5 Å². The highest BCUT2D eigenvalue weighted by Crippen LogP contribution is 2.33. The molecule has 2 aromatic heterocycles. The molecule has 1 amide bonds. The van der Waals surface area contributed by atoms with Crippen LogP contribution in [0.5, 0.6) is 0 Å². The molecule has 164 valence electrons. The van der Waals surface area contributed by atoms with Crippen LogP contribution >= 0.6 is 0 Å². The maximum absolute atomic E-state index is 14.8. The van der Waals surface area contributed by atoms with E-state index in [9.17, 15) is 9.18 Å². The van der Waals surface area contributed by atoms with Crippen LogP contribution in [0.25, 0.3) is 11.0 Å². The molecule has 4 heterocycles. The highest BCUT2D eigenvalue weighted by molar-refractivity contribution is 5.89. The smallest absolute Gasteiger partial charge is 0.246 e. The number of pyridine rings is 1. The molecular weight excluding hydrogens is 407 g/mol. The van der Waals surface area contributed by atoms with Gasteiger partial charge in [-0.05, 0) is 49.1 Å². The summed E-state index contributed by atoms with van der Waals surface area (Å²) in [4.78, 5) is 29.9. The number of carbonyl (C=O) groups excluding carboxylic acids is 1. The van der Waals surface area contributed by atoms with E-state index < -0.39 is 0 Å². The lowest BCUT2D eigenvalue weighted by molar-refractivity contribution is -0.129. The largest absolute Gasteiger partial charge is 0.352 e. The third-order valence-electron chi connectivity index (χ3n) is 6.42. The van der Waals surface area contributed by atoms with Crippen LogP contribution in [0.2, 0.25) is 0 Å². The predicted octanol–water partition coefficient (Wildman–Crippen LogP) is 3.84. The molecule has 2 unspecified atom stereocenters. The van der Waals surface area contributed by atoms with Crippen molar-refractivity contribution in [2.24, 2.45) is 0 Å². The number of amides is 1. The SMILES string of the molecule is C=CC(=O)N1C2CCC1CN(c1ccc3ncnc(Nc4cccc(CC)c4F)c3n1)C2. The second-order valence-electron chi connectivity index (χ2n) is 8.26. The molecule has 2 bridgehead atoms. The lowest BCUT2D eigenvalue weighted by Crippen LogP contribution is -2.55. The number of hydrogen-bond donors (Lipinski definition) is 1. The van der Waals surface area contributed by atoms with E-state index in [1.165, 1.54) is 12.4 Å². The Labute approximate surface area is 186 Å². The predicted molar refractivity (Wildman–Crippen MR) is 122 cm³/mol. The molecular formula is C24H25FN6O. The zero-order valence-corrected chi connectivity index (χ0v) is 18.0. The van der Waals surface area contributed by atoms with E-state index >= 15 is 0 Å². The van der Waals surface area contributed by atoms with Crippen LogP contribution in [0.4, 0.5) is 21.7 Å². The second-order valence-corrected chi connectivity index (χ2v) is 8.26. The molecule has 0 spiro atoms. The van der Waals surface area contributed by atoms with Gasteiger partial charge in [0.25, 0.3) is 0 Å². The first kappa shape index (κ1) is 20.4. The summed E-state index contributed by atoms with van der Waals surface area (Å²) in [5, 5.41) is 3.11. The molecule has 1 N–H and O–H groups in total. The number of anilines is 3. The number of halogens is 1. The zero-order valence-electron chi connectivity index (χ0n) is 18.0. The summed E-state index contributed by atoms with van der Waals surface area (Å²) in [5.74, 6) is 0.991. The van der Waals surface area contributed by atoms with Gasteiger partial charge >= 0.3 is 0 Å². The first-order valence-corrected chi connectivity index (χ1v) is 10.9. The van der Waals surface area contributed by atoms with Gasteiger partial charge in [-0.3, -0.25) is 4.79 Å². The fourth-order valence-corrected chi connectivity index (χ4v) is 4.83. The number of benzene rings is 1. The van der Waals surface area contributed by atoms with Crippen molar-refractivity contribution in [2.75, 3.05) is 23.3 Å². The van der Waals surface area contributed by atoms with Crippen molar-refractivity contribution in [1.29, 1.82) is 0 Å². The van der Waals surface area contributed by atoms with Crippen LogP contribution in [0.3, 0.4) is 0 Å².